The van der Waals surface area contributed by atoms with Crippen molar-refractivity contribution in [3.05, 3.63) is 11.5 Å². The normalized spacial score (nSPS) is 11.8. The second kappa shape index (κ2) is 19.5. The fourth-order valence-electron chi connectivity index (χ4n) is 2.62. The second-order valence-electron chi connectivity index (χ2n) is 6.11. The summed E-state index contributed by atoms with van der Waals surface area (Å²) in [6.45, 7) is 2.28. The van der Waals surface area contributed by atoms with Gasteiger partial charge in [-0.05, 0) is 29.6 Å². The van der Waals surface area contributed by atoms with Crippen LogP contribution in [0, 0.1) is 0 Å². The molecule has 0 saturated heterocycles. The van der Waals surface area contributed by atoms with Crippen LogP contribution < -0.4 is 0 Å². The van der Waals surface area contributed by atoms with Crippen molar-refractivity contribution in [2.45, 2.75) is 103 Å². The van der Waals surface area contributed by atoms with Gasteiger partial charge in [0.05, 0.1) is 0 Å². The van der Waals surface area contributed by atoms with Crippen LogP contribution in [0.1, 0.15) is 103 Å². The molecular weight excluding hydrogens is 311 g/mol. The Kier molecular flexibility index (Phi) is 19.9. The first kappa shape index (κ1) is 22.4. The van der Waals surface area contributed by atoms with E-state index in [9.17, 15) is 0 Å². The van der Waals surface area contributed by atoms with Gasteiger partial charge in [0.25, 0.3) is 0 Å². The molecule has 0 saturated carbocycles. The standard InChI is InChI=1S/C18H37O2PS/c1-2-3-4-5-6-7-8-9-10-11-12-13-14-15-16-17-18-22-21(19)20/h17-20H,2-16H2,1H3. The van der Waals surface area contributed by atoms with E-state index in [0.717, 1.165) is 17.8 Å². The average molecular weight is 349 g/mol. The van der Waals surface area contributed by atoms with Crippen LogP contribution in [0.3, 0.4) is 0 Å². The molecule has 4 heteroatoms. The fourth-order valence-corrected chi connectivity index (χ4v) is 3.54. The quantitative estimate of drug-likeness (QED) is 0.214. The van der Waals surface area contributed by atoms with E-state index in [4.69, 9.17) is 9.79 Å². The summed E-state index contributed by atoms with van der Waals surface area (Å²) in [4.78, 5) is 17.4. The van der Waals surface area contributed by atoms with Gasteiger partial charge in [-0.15, -0.1) is 0 Å². The molecule has 0 aromatic rings. The van der Waals surface area contributed by atoms with Crippen molar-refractivity contribution in [2.24, 2.45) is 0 Å². The van der Waals surface area contributed by atoms with E-state index >= 15 is 0 Å². The number of unbranched alkanes of at least 4 members (excludes halogenated alkanes) is 14. The molecule has 132 valence electrons. The van der Waals surface area contributed by atoms with Crippen LogP contribution in [-0.2, 0) is 0 Å². The molecule has 0 bridgehead atoms. The topological polar surface area (TPSA) is 40.5 Å². The molecule has 0 aliphatic carbocycles. The third-order valence-electron chi connectivity index (χ3n) is 3.98. The predicted molar refractivity (Wildman–Crippen MR) is 103 cm³/mol. The van der Waals surface area contributed by atoms with E-state index in [1.54, 1.807) is 0 Å². The Morgan fingerprint density at radius 3 is 1.50 bits per heavy atom. The zero-order valence-corrected chi connectivity index (χ0v) is 16.2. The van der Waals surface area contributed by atoms with Gasteiger partial charge in [0, 0.05) is 0 Å². The summed E-state index contributed by atoms with van der Waals surface area (Å²) in [5.74, 6) is 0. The minimum absolute atomic E-state index is 1.06. The molecule has 0 unspecified atom stereocenters. The number of hydrogen-bond donors (Lipinski definition) is 2. The lowest BCUT2D eigenvalue weighted by atomic mass is 10.0. The predicted octanol–water partition coefficient (Wildman–Crippen LogP) is 7.32. The van der Waals surface area contributed by atoms with Crippen LogP contribution >= 0.6 is 19.0 Å². The fraction of sp³-hybridized carbons (Fsp3) is 0.889. The van der Waals surface area contributed by atoms with E-state index in [0.29, 0.717) is 0 Å². The van der Waals surface area contributed by atoms with Gasteiger partial charge in [-0.1, -0.05) is 96.5 Å². The molecule has 0 fully saturated rings. The van der Waals surface area contributed by atoms with E-state index in [1.165, 1.54) is 89.9 Å². The minimum Gasteiger partial charge on any atom is -0.342 e. The highest BCUT2D eigenvalue weighted by Crippen LogP contribution is 2.41. The number of rotatable bonds is 17. The van der Waals surface area contributed by atoms with Gasteiger partial charge in [0.1, 0.15) is 0 Å². The number of allylic oxidation sites excluding steroid dienone is 1. The highest BCUT2D eigenvalue weighted by atomic mass is 32.7. The monoisotopic (exact) mass is 348 g/mol. The molecule has 0 spiro atoms. The Hall–Kier alpha value is 0.440. The lowest BCUT2D eigenvalue weighted by Gasteiger charge is -2.02. The molecular formula is C18H37O2PS. The summed E-state index contributed by atoms with van der Waals surface area (Å²) in [7, 11) is -1.81. The average Bonchev–Trinajstić information content (AvgIpc) is 2.50. The Labute approximate surface area is 143 Å². The first-order chi connectivity index (χ1) is 10.8. The zero-order chi connectivity index (χ0) is 16.3. The summed E-state index contributed by atoms with van der Waals surface area (Å²) in [6.07, 6.45) is 22.6. The Bertz CT molecular complexity index is 235. The van der Waals surface area contributed by atoms with E-state index in [1.807, 2.05) is 11.5 Å². The molecule has 2 N–H and O–H groups in total. The Morgan fingerprint density at radius 2 is 1.09 bits per heavy atom. The molecule has 0 aromatic heterocycles. The second-order valence-corrected chi connectivity index (χ2v) is 8.72. The minimum atomic E-state index is -1.81. The highest BCUT2D eigenvalue weighted by molar-refractivity contribution is 8.53. The van der Waals surface area contributed by atoms with Gasteiger partial charge in [-0.25, -0.2) is 0 Å². The summed E-state index contributed by atoms with van der Waals surface area (Å²) in [6, 6.07) is 0. The van der Waals surface area contributed by atoms with Gasteiger partial charge >= 0.3 is 0 Å². The Balaban J connectivity index is 3.01. The van der Waals surface area contributed by atoms with Gasteiger partial charge < -0.3 is 9.79 Å². The summed E-state index contributed by atoms with van der Waals surface area (Å²) in [5.41, 5.74) is 0. The molecule has 0 aromatic carbocycles. The van der Waals surface area contributed by atoms with Crippen molar-refractivity contribution < 1.29 is 9.79 Å². The maximum Gasteiger partial charge on any atom is 0.236 e. The van der Waals surface area contributed by atoms with Crippen molar-refractivity contribution in [2.75, 3.05) is 0 Å². The maximum absolute atomic E-state index is 8.71. The Morgan fingerprint density at radius 1 is 0.682 bits per heavy atom. The van der Waals surface area contributed by atoms with Gasteiger partial charge in [-0.2, -0.15) is 0 Å². The van der Waals surface area contributed by atoms with Crippen molar-refractivity contribution in [3.8, 4) is 0 Å². The van der Waals surface area contributed by atoms with E-state index in [-0.39, 0.29) is 0 Å². The van der Waals surface area contributed by atoms with Crippen LogP contribution in [0.25, 0.3) is 0 Å². The molecule has 22 heavy (non-hydrogen) atoms. The largest absolute Gasteiger partial charge is 0.342 e. The van der Waals surface area contributed by atoms with Crippen molar-refractivity contribution in [3.63, 3.8) is 0 Å². The smallest absolute Gasteiger partial charge is 0.236 e. The van der Waals surface area contributed by atoms with Crippen LogP contribution in [0.15, 0.2) is 11.5 Å². The van der Waals surface area contributed by atoms with Crippen LogP contribution in [0.4, 0.5) is 0 Å². The lowest BCUT2D eigenvalue weighted by Crippen LogP contribution is -1.83. The summed E-state index contributed by atoms with van der Waals surface area (Å²) >= 11 is 1.11. The van der Waals surface area contributed by atoms with E-state index in [2.05, 4.69) is 6.92 Å². The first-order valence-electron chi connectivity index (χ1n) is 9.27. The van der Waals surface area contributed by atoms with Crippen LogP contribution in [0.5, 0.6) is 0 Å². The first-order valence-corrected chi connectivity index (χ1v) is 12.0. The lowest BCUT2D eigenvalue weighted by molar-refractivity contribution is 0.506. The molecule has 0 aliphatic heterocycles. The molecule has 0 atom stereocenters. The van der Waals surface area contributed by atoms with Gasteiger partial charge in [-0.3, -0.25) is 0 Å². The molecule has 0 rings (SSSR count). The highest BCUT2D eigenvalue weighted by Gasteiger charge is 1.94. The SMILES string of the molecule is CCCCCCCCCCCCCCCCC=CSP(O)O. The van der Waals surface area contributed by atoms with Gasteiger partial charge in [0.2, 0.25) is 7.58 Å². The van der Waals surface area contributed by atoms with Crippen molar-refractivity contribution >= 4 is 19.0 Å². The van der Waals surface area contributed by atoms with Crippen molar-refractivity contribution in [1.29, 1.82) is 0 Å². The van der Waals surface area contributed by atoms with E-state index < -0.39 is 7.58 Å². The molecule has 0 amide bonds. The van der Waals surface area contributed by atoms with Crippen molar-refractivity contribution in [1.82, 2.24) is 0 Å². The zero-order valence-electron chi connectivity index (χ0n) is 14.5. The summed E-state index contributed by atoms with van der Waals surface area (Å²) in [5, 5.41) is 1.81. The maximum atomic E-state index is 8.71. The van der Waals surface area contributed by atoms with Crippen LogP contribution in [-0.4, -0.2) is 9.79 Å². The summed E-state index contributed by atoms with van der Waals surface area (Å²) < 4.78 is 0. The molecule has 2 nitrogen and oxygen atoms in total. The molecule has 0 aliphatic rings. The van der Waals surface area contributed by atoms with Gasteiger partial charge in [0.15, 0.2) is 0 Å². The third-order valence-corrected chi connectivity index (χ3v) is 5.41. The third kappa shape index (κ3) is 20.4. The number of hydrogen-bond acceptors (Lipinski definition) is 3. The molecule has 0 heterocycles. The van der Waals surface area contributed by atoms with Crippen LogP contribution in [0.2, 0.25) is 0 Å². The molecule has 0 radical (unpaired) electrons.